The van der Waals surface area contributed by atoms with Gasteiger partial charge in [0.2, 0.25) is 0 Å². The van der Waals surface area contributed by atoms with Crippen LogP contribution in [0.3, 0.4) is 0 Å². The molecular weight excluding hydrogens is 272 g/mol. The third-order valence-corrected chi connectivity index (χ3v) is 4.17. The molecule has 0 saturated heterocycles. The van der Waals surface area contributed by atoms with E-state index in [4.69, 9.17) is 22.1 Å². The monoisotopic (exact) mass is 296 g/mol. The lowest BCUT2D eigenvalue weighted by Crippen LogP contribution is -2.29. The van der Waals surface area contributed by atoms with Crippen LogP contribution in [0.4, 0.5) is 5.69 Å². The van der Waals surface area contributed by atoms with Crippen molar-refractivity contribution in [2.45, 2.75) is 44.7 Å². The molecule has 112 valence electrons. The van der Waals surface area contributed by atoms with Crippen molar-refractivity contribution in [3.63, 3.8) is 0 Å². The third-order valence-electron chi connectivity index (χ3n) is 3.87. The highest BCUT2D eigenvalue weighted by molar-refractivity contribution is 6.33. The second-order valence-electron chi connectivity index (χ2n) is 5.58. The van der Waals surface area contributed by atoms with E-state index in [0.29, 0.717) is 6.04 Å². The van der Waals surface area contributed by atoms with Gasteiger partial charge in [-0.15, -0.1) is 0 Å². The third kappa shape index (κ3) is 4.11. The summed E-state index contributed by atoms with van der Waals surface area (Å²) in [6.07, 6.45) is 4.38. The molecule has 1 aliphatic rings. The van der Waals surface area contributed by atoms with E-state index in [-0.39, 0.29) is 6.04 Å². The van der Waals surface area contributed by atoms with Crippen LogP contribution in [-0.4, -0.2) is 32.3 Å². The van der Waals surface area contributed by atoms with Gasteiger partial charge in [0.25, 0.3) is 0 Å². The molecule has 2 rings (SSSR count). The molecule has 20 heavy (non-hydrogen) atoms. The smallest absolute Gasteiger partial charge is 0.0642 e. The topological polar surface area (TPSA) is 38.5 Å². The molecule has 0 aliphatic heterocycles. The molecular formula is C16H25ClN2O. The Morgan fingerprint density at radius 1 is 1.45 bits per heavy atom. The summed E-state index contributed by atoms with van der Waals surface area (Å²) in [5.74, 6) is 0. The van der Waals surface area contributed by atoms with Crippen molar-refractivity contribution in [1.82, 2.24) is 0 Å². The lowest BCUT2D eigenvalue weighted by Gasteiger charge is -2.26. The van der Waals surface area contributed by atoms with Gasteiger partial charge in [-0.2, -0.15) is 0 Å². The zero-order valence-corrected chi connectivity index (χ0v) is 13.2. The number of rotatable bonds is 8. The van der Waals surface area contributed by atoms with Crippen LogP contribution < -0.4 is 10.6 Å². The van der Waals surface area contributed by atoms with Gasteiger partial charge in [0.15, 0.2) is 0 Å². The summed E-state index contributed by atoms with van der Waals surface area (Å²) in [6, 6.07) is 7.19. The zero-order chi connectivity index (χ0) is 14.5. The standard InChI is InChI=1S/C16H25ClN2O/c1-3-13(18)10-12-4-7-16(15(17)11-12)19(8-9-20-2)14-5-6-14/h4,7,11,13-14H,3,5-6,8-10,18H2,1-2H3. The van der Waals surface area contributed by atoms with Gasteiger partial charge < -0.3 is 15.4 Å². The molecule has 1 aromatic carbocycles. The maximum Gasteiger partial charge on any atom is 0.0642 e. The molecule has 0 aromatic heterocycles. The highest BCUT2D eigenvalue weighted by atomic mass is 35.5. The van der Waals surface area contributed by atoms with Gasteiger partial charge in [-0.05, 0) is 43.4 Å². The zero-order valence-electron chi connectivity index (χ0n) is 12.4. The van der Waals surface area contributed by atoms with Gasteiger partial charge >= 0.3 is 0 Å². The Kier molecular flexibility index (Phi) is 5.70. The van der Waals surface area contributed by atoms with Crippen molar-refractivity contribution in [3.05, 3.63) is 28.8 Å². The quantitative estimate of drug-likeness (QED) is 0.800. The molecule has 1 aromatic rings. The van der Waals surface area contributed by atoms with E-state index in [1.54, 1.807) is 7.11 Å². The Bertz CT molecular complexity index is 434. The molecule has 1 fully saturated rings. The first kappa shape index (κ1) is 15.6. The number of hydrogen-bond donors (Lipinski definition) is 1. The van der Waals surface area contributed by atoms with E-state index in [1.807, 2.05) is 0 Å². The Morgan fingerprint density at radius 2 is 2.20 bits per heavy atom. The Morgan fingerprint density at radius 3 is 2.75 bits per heavy atom. The van der Waals surface area contributed by atoms with E-state index in [0.717, 1.165) is 36.7 Å². The number of nitrogens with two attached hydrogens (primary N) is 1. The van der Waals surface area contributed by atoms with E-state index in [9.17, 15) is 0 Å². The lowest BCUT2D eigenvalue weighted by molar-refractivity contribution is 0.205. The number of benzene rings is 1. The van der Waals surface area contributed by atoms with Crippen LogP contribution in [0.15, 0.2) is 18.2 Å². The van der Waals surface area contributed by atoms with Crippen molar-refractivity contribution >= 4 is 17.3 Å². The molecule has 0 heterocycles. The molecule has 1 aliphatic carbocycles. The van der Waals surface area contributed by atoms with Gasteiger partial charge in [0.05, 0.1) is 17.3 Å². The van der Waals surface area contributed by atoms with Crippen LogP contribution in [0, 0.1) is 0 Å². The van der Waals surface area contributed by atoms with Crippen molar-refractivity contribution in [1.29, 1.82) is 0 Å². The number of ether oxygens (including phenoxy) is 1. The van der Waals surface area contributed by atoms with Crippen LogP contribution >= 0.6 is 11.6 Å². The Hall–Kier alpha value is -0.770. The molecule has 1 saturated carbocycles. The minimum Gasteiger partial charge on any atom is -0.383 e. The van der Waals surface area contributed by atoms with Crippen molar-refractivity contribution in [2.24, 2.45) is 5.73 Å². The molecule has 1 unspecified atom stereocenters. The molecule has 0 bridgehead atoms. The first-order chi connectivity index (χ1) is 9.65. The summed E-state index contributed by atoms with van der Waals surface area (Å²) in [5, 5.41) is 0.828. The second kappa shape index (κ2) is 7.30. The van der Waals surface area contributed by atoms with Crippen LogP contribution in [0.25, 0.3) is 0 Å². The van der Waals surface area contributed by atoms with E-state index < -0.39 is 0 Å². The number of anilines is 1. The average molecular weight is 297 g/mol. The molecule has 4 heteroatoms. The average Bonchev–Trinajstić information content (AvgIpc) is 3.25. The normalized spacial score (nSPS) is 16.2. The van der Waals surface area contributed by atoms with Crippen molar-refractivity contribution < 1.29 is 4.74 Å². The summed E-state index contributed by atoms with van der Waals surface area (Å²) in [7, 11) is 1.74. The molecule has 0 spiro atoms. The Labute approximate surface area is 127 Å². The van der Waals surface area contributed by atoms with Crippen LogP contribution in [-0.2, 0) is 11.2 Å². The largest absolute Gasteiger partial charge is 0.383 e. The highest BCUT2D eigenvalue weighted by Gasteiger charge is 2.30. The maximum absolute atomic E-state index is 6.48. The summed E-state index contributed by atoms with van der Waals surface area (Å²) in [4.78, 5) is 2.37. The number of hydrogen-bond acceptors (Lipinski definition) is 3. The number of halogens is 1. The van der Waals surface area contributed by atoms with Gasteiger partial charge in [-0.25, -0.2) is 0 Å². The predicted molar refractivity (Wildman–Crippen MR) is 85.7 cm³/mol. The molecule has 3 nitrogen and oxygen atoms in total. The summed E-state index contributed by atoms with van der Waals surface area (Å²) < 4.78 is 5.20. The summed E-state index contributed by atoms with van der Waals surface area (Å²) in [5.41, 5.74) is 8.35. The van der Waals surface area contributed by atoms with Gasteiger partial charge in [-0.3, -0.25) is 0 Å². The fraction of sp³-hybridized carbons (Fsp3) is 0.625. The van der Waals surface area contributed by atoms with Crippen LogP contribution in [0.5, 0.6) is 0 Å². The predicted octanol–water partition coefficient (Wildman–Crippen LogP) is 3.24. The Balaban J connectivity index is 2.10. The minimum absolute atomic E-state index is 0.213. The number of methoxy groups -OCH3 is 1. The van der Waals surface area contributed by atoms with Gasteiger partial charge in [-0.1, -0.05) is 24.6 Å². The first-order valence-corrected chi connectivity index (χ1v) is 7.83. The van der Waals surface area contributed by atoms with Gasteiger partial charge in [0.1, 0.15) is 0 Å². The summed E-state index contributed by atoms with van der Waals surface area (Å²) in [6.45, 7) is 3.74. The SMILES string of the molecule is CCC(N)Cc1ccc(N(CCOC)C2CC2)c(Cl)c1. The highest BCUT2D eigenvalue weighted by Crippen LogP contribution is 2.36. The van der Waals surface area contributed by atoms with Crippen LogP contribution in [0.2, 0.25) is 5.02 Å². The van der Waals surface area contributed by atoms with Crippen molar-refractivity contribution in [2.75, 3.05) is 25.2 Å². The molecule has 0 amide bonds. The van der Waals surface area contributed by atoms with Crippen molar-refractivity contribution in [3.8, 4) is 0 Å². The second-order valence-corrected chi connectivity index (χ2v) is 5.98. The molecule has 2 N–H and O–H groups in total. The fourth-order valence-electron chi connectivity index (χ4n) is 2.43. The lowest BCUT2D eigenvalue weighted by atomic mass is 10.0. The van der Waals surface area contributed by atoms with Gasteiger partial charge in [0, 0.05) is 25.7 Å². The minimum atomic E-state index is 0.213. The van der Waals surface area contributed by atoms with Crippen LogP contribution in [0.1, 0.15) is 31.7 Å². The van der Waals surface area contributed by atoms with E-state index in [1.165, 1.54) is 18.4 Å². The van der Waals surface area contributed by atoms with E-state index in [2.05, 4.69) is 30.0 Å². The first-order valence-electron chi connectivity index (χ1n) is 7.45. The van der Waals surface area contributed by atoms with E-state index >= 15 is 0 Å². The summed E-state index contributed by atoms with van der Waals surface area (Å²) >= 11 is 6.48. The molecule has 1 atom stereocenters. The number of nitrogens with zero attached hydrogens (tertiary/aromatic N) is 1. The maximum atomic E-state index is 6.48. The fourth-order valence-corrected chi connectivity index (χ4v) is 2.74. The molecule has 0 radical (unpaired) electrons.